The fraction of sp³-hybridized carbons (Fsp3) is 0.304. The molecule has 156 valence electrons. The third-order valence-electron chi connectivity index (χ3n) is 4.90. The summed E-state index contributed by atoms with van der Waals surface area (Å²) in [6.45, 7) is 1.52. The minimum atomic E-state index is -0.812. The van der Waals surface area contributed by atoms with E-state index in [0.29, 0.717) is 23.4 Å². The van der Waals surface area contributed by atoms with E-state index in [0.717, 1.165) is 18.5 Å². The van der Waals surface area contributed by atoms with Gasteiger partial charge < -0.3 is 24.1 Å². The van der Waals surface area contributed by atoms with E-state index in [1.54, 1.807) is 12.1 Å². The average Bonchev–Trinajstić information content (AvgIpc) is 2.76. The van der Waals surface area contributed by atoms with Crippen LogP contribution in [0, 0.1) is 0 Å². The highest BCUT2D eigenvalue weighted by atomic mass is 16.6. The van der Waals surface area contributed by atoms with Gasteiger partial charge in [-0.2, -0.15) is 0 Å². The van der Waals surface area contributed by atoms with Crippen molar-refractivity contribution in [1.82, 2.24) is 10.2 Å². The standard InChI is InChI=1S/C23H24N2O5/c1-25(2)12-6-11-24-23(27)20-14-28-18-10-9-16-17(26)13-19(15-7-4-3-5-8-15)29-21(16)22(18)30-20/h3-5,7-10,13,20H,6,11-12,14H2,1-2H3,(H,24,27). The molecule has 4 rings (SSSR count). The maximum atomic E-state index is 12.7. The molecule has 1 aromatic heterocycles. The molecule has 0 spiro atoms. The van der Waals surface area contributed by atoms with Gasteiger partial charge >= 0.3 is 0 Å². The lowest BCUT2D eigenvalue weighted by molar-refractivity contribution is -0.130. The smallest absolute Gasteiger partial charge is 0.264 e. The van der Waals surface area contributed by atoms with Gasteiger partial charge in [-0.15, -0.1) is 0 Å². The Balaban J connectivity index is 1.61. The minimum Gasteiger partial charge on any atom is -0.485 e. The van der Waals surface area contributed by atoms with Crippen LogP contribution in [0.2, 0.25) is 0 Å². The van der Waals surface area contributed by atoms with Crippen LogP contribution in [-0.4, -0.2) is 50.7 Å². The van der Waals surface area contributed by atoms with Gasteiger partial charge in [-0.3, -0.25) is 9.59 Å². The van der Waals surface area contributed by atoms with Crippen molar-refractivity contribution in [2.24, 2.45) is 0 Å². The van der Waals surface area contributed by atoms with E-state index in [1.807, 2.05) is 44.4 Å². The van der Waals surface area contributed by atoms with Crippen molar-refractivity contribution < 1.29 is 18.7 Å². The zero-order valence-electron chi connectivity index (χ0n) is 17.0. The van der Waals surface area contributed by atoms with Crippen LogP contribution in [-0.2, 0) is 4.79 Å². The second-order valence-electron chi connectivity index (χ2n) is 7.48. The van der Waals surface area contributed by atoms with Gasteiger partial charge in [-0.05, 0) is 39.2 Å². The van der Waals surface area contributed by atoms with E-state index in [9.17, 15) is 9.59 Å². The van der Waals surface area contributed by atoms with E-state index in [4.69, 9.17) is 13.9 Å². The first-order valence-electron chi connectivity index (χ1n) is 9.91. The number of amides is 1. The zero-order valence-corrected chi connectivity index (χ0v) is 17.0. The summed E-state index contributed by atoms with van der Waals surface area (Å²) in [7, 11) is 3.97. The Morgan fingerprint density at radius 3 is 2.73 bits per heavy atom. The molecule has 1 aliphatic rings. The molecule has 3 aromatic rings. The maximum absolute atomic E-state index is 12.7. The van der Waals surface area contributed by atoms with Crippen molar-refractivity contribution >= 4 is 16.9 Å². The van der Waals surface area contributed by atoms with Crippen LogP contribution in [0.15, 0.2) is 57.7 Å². The van der Waals surface area contributed by atoms with Crippen LogP contribution in [0.4, 0.5) is 0 Å². The third kappa shape index (κ3) is 4.16. The fourth-order valence-corrected chi connectivity index (χ4v) is 3.34. The number of hydrogen-bond donors (Lipinski definition) is 1. The summed E-state index contributed by atoms with van der Waals surface area (Å²) in [4.78, 5) is 27.2. The first-order valence-corrected chi connectivity index (χ1v) is 9.91. The second kappa shape index (κ2) is 8.59. The third-order valence-corrected chi connectivity index (χ3v) is 4.90. The van der Waals surface area contributed by atoms with Crippen molar-refractivity contribution in [3.8, 4) is 22.8 Å². The average molecular weight is 408 g/mol. The maximum Gasteiger partial charge on any atom is 0.264 e. The number of carbonyl (C=O) groups is 1. The quantitative estimate of drug-likeness (QED) is 0.632. The second-order valence-corrected chi connectivity index (χ2v) is 7.48. The van der Waals surface area contributed by atoms with Crippen LogP contribution >= 0.6 is 0 Å². The van der Waals surface area contributed by atoms with Gasteiger partial charge in [-0.1, -0.05) is 30.3 Å². The highest BCUT2D eigenvalue weighted by Gasteiger charge is 2.30. The molecule has 0 saturated heterocycles. The van der Waals surface area contributed by atoms with E-state index < -0.39 is 6.10 Å². The Hall–Kier alpha value is -3.32. The van der Waals surface area contributed by atoms with Gasteiger partial charge in [0.15, 0.2) is 16.8 Å². The summed E-state index contributed by atoms with van der Waals surface area (Å²) < 4.78 is 17.7. The number of nitrogens with one attached hydrogen (secondary N) is 1. The monoisotopic (exact) mass is 408 g/mol. The molecule has 0 bridgehead atoms. The molecule has 30 heavy (non-hydrogen) atoms. The van der Waals surface area contributed by atoms with Crippen LogP contribution < -0.4 is 20.2 Å². The van der Waals surface area contributed by atoms with E-state index >= 15 is 0 Å². The van der Waals surface area contributed by atoms with Crippen molar-refractivity contribution in [1.29, 1.82) is 0 Å². The van der Waals surface area contributed by atoms with Gasteiger partial charge in [0, 0.05) is 18.2 Å². The molecule has 7 nitrogen and oxygen atoms in total. The molecule has 0 saturated carbocycles. The zero-order chi connectivity index (χ0) is 21.1. The summed E-state index contributed by atoms with van der Waals surface area (Å²) in [5.41, 5.74) is 0.877. The van der Waals surface area contributed by atoms with Gasteiger partial charge in [0.2, 0.25) is 11.9 Å². The van der Waals surface area contributed by atoms with Gasteiger partial charge in [0.25, 0.3) is 5.91 Å². The highest BCUT2D eigenvalue weighted by Crippen LogP contribution is 2.39. The molecule has 1 atom stereocenters. The lowest BCUT2D eigenvalue weighted by atomic mass is 10.1. The normalized spacial score (nSPS) is 15.4. The first-order chi connectivity index (χ1) is 14.5. The summed E-state index contributed by atoms with van der Waals surface area (Å²) in [5.74, 6) is 0.910. The Morgan fingerprint density at radius 2 is 1.97 bits per heavy atom. The van der Waals surface area contributed by atoms with Crippen LogP contribution in [0.3, 0.4) is 0 Å². The summed E-state index contributed by atoms with van der Waals surface area (Å²) >= 11 is 0. The minimum absolute atomic E-state index is 0.0978. The molecule has 0 fully saturated rings. The lowest BCUT2D eigenvalue weighted by Crippen LogP contribution is -2.44. The Morgan fingerprint density at radius 1 is 1.17 bits per heavy atom. The van der Waals surface area contributed by atoms with E-state index in [2.05, 4.69) is 10.2 Å². The van der Waals surface area contributed by atoms with Crippen molar-refractivity contribution in [3.05, 3.63) is 58.8 Å². The first kappa shape index (κ1) is 20.0. The molecule has 0 radical (unpaired) electrons. The summed E-state index contributed by atoms with van der Waals surface area (Å²) in [6.07, 6.45) is 0.0226. The topological polar surface area (TPSA) is 81.0 Å². The molecule has 2 heterocycles. The van der Waals surface area contributed by atoms with Crippen LogP contribution in [0.5, 0.6) is 11.5 Å². The molecule has 1 unspecified atom stereocenters. The van der Waals surface area contributed by atoms with Crippen molar-refractivity contribution in [3.63, 3.8) is 0 Å². The molecule has 1 amide bonds. The Bertz CT molecular complexity index is 1110. The molecular formula is C23H24N2O5. The van der Waals surface area contributed by atoms with Crippen LogP contribution in [0.25, 0.3) is 22.3 Å². The van der Waals surface area contributed by atoms with E-state index in [1.165, 1.54) is 6.07 Å². The van der Waals surface area contributed by atoms with Crippen LogP contribution in [0.1, 0.15) is 6.42 Å². The van der Waals surface area contributed by atoms with Gasteiger partial charge in [0.1, 0.15) is 12.4 Å². The van der Waals surface area contributed by atoms with E-state index in [-0.39, 0.29) is 29.3 Å². The van der Waals surface area contributed by atoms with Gasteiger partial charge in [-0.25, -0.2) is 0 Å². The summed E-state index contributed by atoms with van der Waals surface area (Å²) in [5, 5.41) is 3.25. The SMILES string of the molecule is CN(C)CCCNC(=O)C1COc2ccc3c(=O)cc(-c4ccccc4)oc3c2O1. The molecule has 2 aromatic carbocycles. The number of benzene rings is 2. The molecular weight excluding hydrogens is 384 g/mol. The fourth-order valence-electron chi connectivity index (χ4n) is 3.34. The number of fused-ring (bicyclic) bond motifs is 3. The molecule has 7 heteroatoms. The molecule has 1 aliphatic heterocycles. The predicted molar refractivity (Wildman–Crippen MR) is 114 cm³/mol. The number of carbonyl (C=O) groups excluding carboxylic acids is 1. The number of nitrogens with zero attached hydrogens (tertiary/aromatic N) is 1. The Labute approximate surface area is 174 Å². The number of ether oxygens (including phenoxy) is 2. The highest BCUT2D eigenvalue weighted by molar-refractivity contribution is 5.88. The largest absolute Gasteiger partial charge is 0.485 e. The number of rotatable bonds is 6. The van der Waals surface area contributed by atoms with Crippen molar-refractivity contribution in [2.45, 2.75) is 12.5 Å². The molecule has 0 aliphatic carbocycles. The number of hydrogen-bond acceptors (Lipinski definition) is 6. The molecule has 1 N–H and O–H groups in total. The Kier molecular flexibility index (Phi) is 5.72. The summed E-state index contributed by atoms with van der Waals surface area (Å²) in [6, 6.07) is 14.1. The predicted octanol–water partition coefficient (Wildman–Crippen LogP) is 2.67. The van der Waals surface area contributed by atoms with Gasteiger partial charge in [0.05, 0.1) is 5.39 Å². The lowest BCUT2D eigenvalue weighted by Gasteiger charge is -2.26. The van der Waals surface area contributed by atoms with Crippen molar-refractivity contribution in [2.75, 3.05) is 33.8 Å².